The summed E-state index contributed by atoms with van der Waals surface area (Å²) in [7, 11) is 0. The Morgan fingerprint density at radius 1 is 0.241 bits per heavy atom. The van der Waals surface area contributed by atoms with Crippen molar-refractivity contribution in [2.45, 2.75) is 0 Å². The molecule has 5 nitrogen and oxygen atoms in total. The number of aromatic nitrogens is 5. The predicted octanol–water partition coefficient (Wildman–Crippen LogP) is 12.0. The summed E-state index contributed by atoms with van der Waals surface area (Å²) >= 11 is 0. The Kier molecular flexibility index (Phi) is 8.86. The lowest BCUT2D eigenvalue weighted by molar-refractivity contribution is 1.17. The van der Waals surface area contributed by atoms with Crippen LogP contribution in [-0.4, -0.2) is 24.9 Å². The smallest absolute Gasteiger partial charge is 0.161 e. The first-order chi connectivity index (χ1) is 26.7. The summed E-state index contributed by atoms with van der Waals surface area (Å²) in [6.45, 7) is 0. The molecule has 0 atom stereocenters. The van der Waals surface area contributed by atoms with E-state index in [-0.39, 0.29) is 0 Å². The molecule has 0 radical (unpaired) electrons. The molecule has 0 saturated carbocycles. The molecule has 0 N–H and O–H groups in total. The Labute approximate surface area is 314 Å². The van der Waals surface area contributed by atoms with Gasteiger partial charge in [-0.2, -0.15) is 0 Å². The summed E-state index contributed by atoms with van der Waals surface area (Å²) in [6.07, 6.45) is 3.63. The van der Waals surface area contributed by atoms with Crippen LogP contribution in [-0.2, 0) is 0 Å². The lowest BCUT2D eigenvalue weighted by atomic mass is 10.0. The molecule has 0 aliphatic carbocycles. The van der Waals surface area contributed by atoms with Crippen molar-refractivity contribution in [3.8, 4) is 90.1 Å². The van der Waals surface area contributed by atoms with Gasteiger partial charge in [0, 0.05) is 29.1 Å². The van der Waals surface area contributed by atoms with E-state index in [2.05, 4.69) is 132 Å². The Morgan fingerprint density at radius 2 is 0.667 bits per heavy atom. The van der Waals surface area contributed by atoms with Crippen molar-refractivity contribution in [2.75, 3.05) is 0 Å². The maximum atomic E-state index is 5.10. The highest BCUT2D eigenvalue weighted by molar-refractivity contribution is 5.77. The van der Waals surface area contributed by atoms with E-state index in [1.165, 1.54) is 11.1 Å². The Morgan fingerprint density at radius 3 is 1.13 bits per heavy atom. The van der Waals surface area contributed by atoms with Gasteiger partial charge in [-0.15, -0.1) is 0 Å². The molecule has 254 valence electrons. The zero-order valence-corrected chi connectivity index (χ0v) is 29.3. The van der Waals surface area contributed by atoms with Crippen LogP contribution in [0.3, 0.4) is 0 Å². The molecular formula is C49H33N5. The molecule has 54 heavy (non-hydrogen) atoms. The lowest BCUT2D eigenvalue weighted by Crippen LogP contribution is -1.97. The van der Waals surface area contributed by atoms with E-state index in [1.807, 2.05) is 66.9 Å². The molecule has 4 heterocycles. The van der Waals surface area contributed by atoms with Gasteiger partial charge in [0.05, 0.1) is 34.2 Å². The van der Waals surface area contributed by atoms with Crippen LogP contribution >= 0.6 is 0 Å². The molecule has 0 fully saturated rings. The number of hydrogen-bond donors (Lipinski definition) is 0. The molecule has 0 saturated heterocycles. The Bertz CT molecular complexity index is 2490. The van der Waals surface area contributed by atoms with E-state index in [0.29, 0.717) is 5.82 Å². The van der Waals surface area contributed by atoms with Gasteiger partial charge in [-0.25, -0.2) is 15.0 Å². The predicted molar refractivity (Wildman–Crippen MR) is 219 cm³/mol. The third-order valence-corrected chi connectivity index (χ3v) is 9.45. The summed E-state index contributed by atoms with van der Waals surface area (Å²) < 4.78 is 0. The summed E-state index contributed by atoms with van der Waals surface area (Å²) in [5, 5.41) is 0. The van der Waals surface area contributed by atoms with Gasteiger partial charge < -0.3 is 0 Å². The van der Waals surface area contributed by atoms with E-state index in [4.69, 9.17) is 19.9 Å². The highest BCUT2D eigenvalue weighted by atomic mass is 14.9. The Balaban J connectivity index is 1.10. The zero-order chi connectivity index (χ0) is 36.1. The molecule has 0 unspecified atom stereocenters. The lowest BCUT2D eigenvalue weighted by Gasteiger charge is -2.12. The third kappa shape index (κ3) is 6.94. The largest absolute Gasteiger partial charge is 0.255 e. The second kappa shape index (κ2) is 14.7. The number of rotatable bonds is 8. The van der Waals surface area contributed by atoms with E-state index in [0.717, 1.165) is 73.1 Å². The average Bonchev–Trinajstić information content (AvgIpc) is 3.27. The fourth-order valence-corrected chi connectivity index (χ4v) is 6.58. The first-order valence-electron chi connectivity index (χ1n) is 17.9. The minimum absolute atomic E-state index is 0.598. The van der Waals surface area contributed by atoms with Crippen LogP contribution in [0.4, 0.5) is 0 Å². The Hall–Kier alpha value is -7.37. The molecule has 0 aliphatic heterocycles. The topological polar surface area (TPSA) is 64.5 Å². The molecule has 5 aromatic carbocycles. The van der Waals surface area contributed by atoms with Crippen LogP contribution in [0.2, 0.25) is 0 Å². The van der Waals surface area contributed by atoms with Crippen LogP contribution in [0.5, 0.6) is 0 Å². The number of nitrogens with zero attached hydrogens (tertiary/aromatic N) is 5. The van der Waals surface area contributed by atoms with Crippen molar-refractivity contribution in [2.24, 2.45) is 0 Å². The van der Waals surface area contributed by atoms with Crippen LogP contribution < -0.4 is 0 Å². The minimum atomic E-state index is 0.598. The summed E-state index contributed by atoms with van der Waals surface area (Å²) in [6, 6.07) is 64.3. The number of pyridine rings is 3. The second-order valence-corrected chi connectivity index (χ2v) is 13.0. The molecule has 0 bridgehead atoms. The van der Waals surface area contributed by atoms with Gasteiger partial charge in [0.25, 0.3) is 0 Å². The highest BCUT2D eigenvalue weighted by Gasteiger charge is 2.14. The van der Waals surface area contributed by atoms with Crippen molar-refractivity contribution in [3.05, 3.63) is 200 Å². The number of benzene rings is 5. The van der Waals surface area contributed by atoms with Gasteiger partial charge in [-0.05, 0) is 75.8 Å². The normalized spacial score (nSPS) is 11.0. The van der Waals surface area contributed by atoms with Crippen molar-refractivity contribution in [1.82, 2.24) is 24.9 Å². The van der Waals surface area contributed by atoms with Gasteiger partial charge in [-0.3, -0.25) is 9.97 Å². The summed E-state index contributed by atoms with van der Waals surface area (Å²) in [5.74, 6) is 0.598. The first-order valence-corrected chi connectivity index (χ1v) is 17.9. The molecule has 5 heteroatoms. The van der Waals surface area contributed by atoms with Crippen LogP contribution in [0.25, 0.3) is 90.1 Å². The average molecular weight is 692 g/mol. The SMILES string of the molecule is c1ccc(-c2ccc(-c3cc(-c4ccc(-c5ccccc5)cc4)nc(-c4ccc(-c5cc(-c6ccccc6)cc(-c6ccccn6)n5)nc4)n3)cc2)cc1. The zero-order valence-electron chi connectivity index (χ0n) is 29.3. The maximum absolute atomic E-state index is 5.10. The molecular weight excluding hydrogens is 659 g/mol. The fraction of sp³-hybridized carbons (Fsp3) is 0. The van der Waals surface area contributed by atoms with Crippen molar-refractivity contribution < 1.29 is 0 Å². The van der Waals surface area contributed by atoms with E-state index in [1.54, 1.807) is 6.20 Å². The molecule has 9 rings (SSSR count). The van der Waals surface area contributed by atoms with Gasteiger partial charge >= 0.3 is 0 Å². The summed E-state index contributed by atoms with van der Waals surface area (Å²) in [5.41, 5.74) is 14.4. The van der Waals surface area contributed by atoms with Crippen molar-refractivity contribution >= 4 is 0 Å². The maximum Gasteiger partial charge on any atom is 0.161 e. The van der Waals surface area contributed by atoms with Gasteiger partial charge in [0.15, 0.2) is 5.82 Å². The van der Waals surface area contributed by atoms with Crippen LogP contribution in [0.15, 0.2) is 200 Å². The van der Waals surface area contributed by atoms with Gasteiger partial charge in [0.1, 0.15) is 0 Å². The molecule has 0 amide bonds. The minimum Gasteiger partial charge on any atom is -0.255 e. The monoisotopic (exact) mass is 691 g/mol. The van der Waals surface area contributed by atoms with Crippen LogP contribution in [0.1, 0.15) is 0 Å². The van der Waals surface area contributed by atoms with Gasteiger partial charge in [-0.1, -0.05) is 146 Å². The second-order valence-electron chi connectivity index (χ2n) is 13.0. The molecule has 9 aromatic rings. The van der Waals surface area contributed by atoms with E-state index >= 15 is 0 Å². The van der Waals surface area contributed by atoms with E-state index in [9.17, 15) is 0 Å². The molecule has 4 aromatic heterocycles. The standard InChI is InChI=1S/C49H33N5/c1-4-12-34(13-5-1)37-19-23-39(24-20-37)45-32-46(40-25-21-38(22-26-40)35-14-6-2-7-15-35)54-49(53-45)41-27-28-44(51-33-41)48-31-42(36-16-8-3-9-17-36)30-47(52-48)43-18-10-11-29-50-43/h1-33H. The van der Waals surface area contributed by atoms with Crippen molar-refractivity contribution in [1.29, 1.82) is 0 Å². The third-order valence-electron chi connectivity index (χ3n) is 9.45. The van der Waals surface area contributed by atoms with Crippen LogP contribution in [0, 0.1) is 0 Å². The van der Waals surface area contributed by atoms with E-state index < -0.39 is 0 Å². The fourth-order valence-electron chi connectivity index (χ4n) is 6.58. The van der Waals surface area contributed by atoms with Gasteiger partial charge in [0.2, 0.25) is 0 Å². The number of hydrogen-bond acceptors (Lipinski definition) is 5. The highest BCUT2D eigenvalue weighted by Crippen LogP contribution is 2.32. The molecule has 0 spiro atoms. The van der Waals surface area contributed by atoms with Crippen molar-refractivity contribution in [3.63, 3.8) is 0 Å². The molecule has 0 aliphatic rings. The first kappa shape index (κ1) is 32.5. The summed E-state index contributed by atoms with van der Waals surface area (Å²) in [4.78, 5) is 24.7. The quantitative estimate of drug-likeness (QED) is 0.159.